The fraction of sp³-hybridized carbons (Fsp3) is 0.500. The van der Waals surface area contributed by atoms with Gasteiger partial charge in [-0.1, -0.05) is 43.9 Å². The van der Waals surface area contributed by atoms with E-state index in [4.69, 9.17) is 16.3 Å². The van der Waals surface area contributed by atoms with Crippen molar-refractivity contribution in [3.63, 3.8) is 0 Å². The van der Waals surface area contributed by atoms with Gasteiger partial charge in [-0.3, -0.25) is 19.2 Å². The van der Waals surface area contributed by atoms with Crippen molar-refractivity contribution >= 4 is 29.4 Å². The van der Waals surface area contributed by atoms with E-state index in [9.17, 15) is 18.8 Å². The lowest BCUT2D eigenvalue weighted by molar-refractivity contribution is -0.129. The highest BCUT2D eigenvalue weighted by Crippen LogP contribution is 2.35. The Morgan fingerprint density at radius 3 is 2.62 bits per heavy atom. The second kappa shape index (κ2) is 11.0. The van der Waals surface area contributed by atoms with Crippen LogP contribution in [-0.4, -0.2) is 50.1 Å². The summed E-state index contributed by atoms with van der Waals surface area (Å²) in [5.74, 6) is -2.48. The molecule has 10 heteroatoms. The maximum absolute atomic E-state index is 13.7. The number of carbonyl (C=O) groups excluding carboxylic acids is 3. The van der Waals surface area contributed by atoms with Gasteiger partial charge in [0.05, 0.1) is 13.2 Å². The highest BCUT2D eigenvalue weighted by Gasteiger charge is 2.51. The van der Waals surface area contributed by atoms with E-state index in [0.717, 1.165) is 55.6 Å². The van der Waals surface area contributed by atoms with Gasteiger partial charge in [0, 0.05) is 17.8 Å². The number of ether oxygens (including phenoxy) is 1. The molecule has 2 amide bonds. The van der Waals surface area contributed by atoms with Gasteiger partial charge in [0.15, 0.2) is 5.69 Å². The fourth-order valence-corrected chi connectivity index (χ4v) is 4.61. The van der Waals surface area contributed by atoms with Crippen molar-refractivity contribution in [2.45, 2.75) is 70.0 Å². The molecule has 0 bridgehead atoms. The zero-order valence-corrected chi connectivity index (χ0v) is 20.2. The topological polar surface area (TPSA) is 93.5 Å². The Balaban J connectivity index is 2.01. The Morgan fingerprint density at radius 1 is 1.32 bits per heavy atom. The summed E-state index contributed by atoms with van der Waals surface area (Å²) in [5.41, 5.74) is 0.259. The van der Waals surface area contributed by atoms with E-state index in [2.05, 4.69) is 17.0 Å². The third-order valence-electron chi connectivity index (χ3n) is 5.97. The monoisotopic (exact) mass is 492 g/mol. The van der Waals surface area contributed by atoms with Gasteiger partial charge in [-0.15, -0.1) is 0 Å². The summed E-state index contributed by atoms with van der Waals surface area (Å²) in [6.07, 6.45) is 9.38. The minimum atomic E-state index is -1.87. The molecule has 1 aliphatic carbocycles. The molecule has 0 saturated heterocycles. The average Bonchev–Trinajstić information content (AvgIpc) is 3.06. The van der Waals surface area contributed by atoms with Gasteiger partial charge in [-0.25, -0.2) is 9.18 Å². The molecule has 1 aromatic rings. The predicted molar refractivity (Wildman–Crippen MR) is 126 cm³/mol. The first-order valence-electron chi connectivity index (χ1n) is 11.5. The van der Waals surface area contributed by atoms with E-state index < -0.39 is 28.6 Å². The lowest BCUT2D eigenvalue weighted by Gasteiger charge is -2.42. The van der Waals surface area contributed by atoms with Crippen molar-refractivity contribution in [1.29, 1.82) is 0 Å². The summed E-state index contributed by atoms with van der Waals surface area (Å²) in [6, 6.07) is 1.25. The van der Waals surface area contributed by atoms with Crippen molar-refractivity contribution in [3.8, 4) is 0 Å². The maximum Gasteiger partial charge on any atom is 0.358 e. The molecular weight excluding hydrogens is 463 g/mol. The number of hydrogen-bond donors (Lipinski definition) is 1. The van der Waals surface area contributed by atoms with E-state index in [0.29, 0.717) is 0 Å². The van der Waals surface area contributed by atoms with E-state index in [1.54, 1.807) is 13.8 Å². The molecule has 3 rings (SSSR count). The summed E-state index contributed by atoms with van der Waals surface area (Å²) in [7, 11) is 0. The lowest BCUT2D eigenvalue weighted by Crippen LogP contribution is -2.62. The second-order valence-electron chi connectivity index (χ2n) is 8.42. The summed E-state index contributed by atoms with van der Waals surface area (Å²) in [4.78, 5) is 38.4. The Morgan fingerprint density at radius 2 is 2.00 bits per heavy atom. The third-order valence-corrected chi connectivity index (χ3v) is 6.43. The molecule has 1 unspecified atom stereocenters. The van der Waals surface area contributed by atoms with Crippen LogP contribution in [0.15, 0.2) is 42.4 Å². The molecular formula is C24H30ClFN4O4. The van der Waals surface area contributed by atoms with E-state index >= 15 is 0 Å². The average molecular weight is 493 g/mol. The van der Waals surface area contributed by atoms with Crippen LogP contribution < -0.4 is 5.32 Å². The first-order chi connectivity index (χ1) is 16.2. The number of aromatic nitrogens is 2. The molecule has 1 saturated carbocycles. The number of nitrogens with one attached hydrogen (secondary N) is 1. The third kappa shape index (κ3) is 5.41. The number of allylic oxidation sites excluding steroid dienone is 5. The number of rotatable bonds is 7. The molecule has 1 N–H and O–H groups in total. The van der Waals surface area contributed by atoms with Crippen molar-refractivity contribution in [2.75, 3.05) is 6.61 Å². The van der Waals surface area contributed by atoms with Crippen LogP contribution in [0.4, 0.5) is 4.39 Å². The SMILES string of the molecule is C=C/C(F)=C\C=C(/C)N1C(=O)c2cc(C(=O)OCC)nn2CC1(Cl)C(=O)NC1CCCCCC1. The van der Waals surface area contributed by atoms with Crippen LogP contribution in [-0.2, 0) is 16.1 Å². The fourth-order valence-electron chi connectivity index (χ4n) is 4.23. The second-order valence-corrected chi connectivity index (χ2v) is 9.04. The van der Waals surface area contributed by atoms with Gasteiger partial charge >= 0.3 is 5.97 Å². The standard InChI is InChI=1S/C24H30ClFN4O4/c1-4-17(26)13-12-16(3)30-21(31)20-14-19(22(32)34-5-2)28-29(20)15-24(30,25)23(33)27-18-10-8-6-7-9-11-18/h4,12-14,18H,1,5-11,15H2,2-3H3,(H,27,33)/b16-12+,17-13+. The number of nitrogens with zero attached hydrogens (tertiary/aromatic N) is 3. The lowest BCUT2D eigenvalue weighted by atomic mass is 10.1. The van der Waals surface area contributed by atoms with Gasteiger partial charge in [0.25, 0.3) is 11.8 Å². The van der Waals surface area contributed by atoms with Crippen LogP contribution in [0.2, 0.25) is 0 Å². The molecule has 2 aliphatic rings. The molecule has 1 atom stereocenters. The number of amides is 2. The Labute approximate surface area is 203 Å². The molecule has 1 aromatic heterocycles. The Hall–Kier alpha value is -2.94. The highest BCUT2D eigenvalue weighted by molar-refractivity contribution is 6.36. The van der Waals surface area contributed by atoms with Crippen LogP contribution in [0.25, 0.3) is 0 Å². The molecule has 0 aromatic carbocycles. The van der Waals surface area contributed by atoms with Gasteiger partial charge in [-0.2, -0.15) is 5.10 Å². The van der Waals surface area contributed by atoms with E-state index in [1.807, 2.05) is 0 Å². The van der Waals surface area contributed by atoms with E-state index in [1.165, 1.54) is 16.8 Å². The van der Waals surface area contributed by atoms with Crippen LogP contribution >= 0.6 is 11.6 Å². The minimum Gasteiger partial charge on any atom is -0.461 e. The molecule has 8 nitrogen and oxygen atoms in total. The Kier molecular flexibility index (Phi) is 8.30. The van der Waals surface area contributed by atoms with Crippen LogP contribution in [0.1, 0.15) is 73.3 Å². The Bertz CT molecular complexity index is 1030. The summed E-state index contributed by atoms with van der Waals surface area (Å²) < 4.78 is 19.9. The maximum atomic E-state index is 13.7. The number of fused-ring (bicyclic) bond motifs is 1. The first kappa shape index (κ1) is 25.7. The summed E-state index contributed by atoms with van der Waals surface area (Å²) >= 11 is 6.91. The first-order valence-corrected chi connectivity index (χ1v) is 11.8. The van der Waals surface area contributed by atoms with Crippen LogP contribution in [0.3, 0.4) is 0 Å². The molecule has 1 fully saturated rings. The van der Waals surface area contributed by atoms with Crippen molar-refractivity contribution in [3.05, 3.63) is 53.8 Å². The number of hydrogen-bond acceptors (Lipinski definition) is 5. The molecule has 34 heavy (non-hydrogen) atoms. The van der Waals surface area contributed by atoms with Crippen LogP contribution in [0.5, 0.6) is 0 Å². The van der Waals surface area contributed by atoms with Gasteiger partial charge in [-0.05, 0) is 44.9 Å². The zero-order chi connectivity index (χ0) is 24.9. The van der Waals surface area contributed by atoms with Crippen molar-refractivity contribution in [2.24, 2.45) is 0 Å². The largest absolute Gasteiger partial charge is 0.461 e. The van der Waals surface area contributed by atoms with Crippen LogP contribution in [0, 0.1) is 0 Å². The molecule has 1 aliphatic heterocycles. The molecule has 184 valence electrons. The zero-order valence-electron chi connectivity index (χ0n) is 19.5. The predicted octanol–water partition coefficient (Wildman–Crippen LogP) is 4.23. The quantitative estimate of drug-likeness (QED) is 0.202. The minimum absolute atomic E-state index is 0.0564. The number of alkyl halides is 1. The summed E-state index contributed by atoms with van der Waals surface area (Å²) in [5, 5.41) is 7.17. The highest BCUT2D eigenvalue weighted by atomic mass is 35.5. The number of esters is 1. The normalized spacial score (nSPS) is 22.1. The summed E-state index contributed by atoms with van der Waals surface area (Å²) in [6.45, 7) is 6.52. The number of halogens is 2. The van der Waals surface area contributed by atoms with Gasteiger partial charge in [0.1, 0.15) is 11.5 Å². The van der Waals surface area contributed by atoms with Crippen molar-refractivity contribution in [1.82, 2.24) is 20.0 Å². The number of carbonyl (C=O) groups is 3. The van der Waals surface area contributed by atoms with E-state index in [-0.39, 0.29) is 36.3 Å². The van der Waals surface area contributed by atoms with Gasteiger partial charge < -0.3 is 10.1 Å². The van der Waals surface area contributed by atoms with Gasteiger partial charge in [0.2, 0.25) is 5.00 Å². The smallest absolute Gasteiger partial charge is 0.358 e. The van der Waals surface area contributed by atoms with Crippen molar-refractivity contribution < 1.29 is 23.5 Å². The molecule has 0 radical (unpaired) electrons. The molecule has 2 heterocycles. The molecule has 0 spiro atoms.